The van der Waals surface area contributed by atoms with Crippen LogP contribution in [-0.4, -0.2) is 35.2 Å². The van der Waals surface area contributed by atoms with Crippen LogP contribution in [0.1, 0.15) is 19.8 Å². The van der Waals surface area contributed by atoms with Gasteiger partial charge in [0.1, 0.15) is 5.82 Å². The van der Waals surface area contributed by atoms with Crippen molar-refractivity contribution in [2.45, 2.75) is 25.9 Å². The lowest BCUT2D eigenvalue weighted by Crippen LogP contribution is -2.44. The number of amides is 2. The van der Waals surface area contributed by atoms with Crippen molar-refractivity contribution in [3.63, 3.8) is 0 Å². The zero-order chi connectivity index (χ0) is 14.7. The van der Waals surface area contributed by atoms with Crippen molar-refractivity contribution >= 4 is 23.3 Å². The van der Waals surface area contributed by atoms with E-state index in [0.717, 1.165) is 12.8 Å². The minimum Gasteiger partial charge on any atom is -0.393 e. The van der Waals surface area contributed by atoms with Gasteiger partial charge >= 0.3 is 6.03 Å². The Morgan fingerprint density at radius 2 is 2.35 bits per heavy atom. The zero-order valence-electron chi connectivity index (χ0n) is 11.3. The number of nitrogens with one attached hydrogen (secondary N) is 1. The highest BCUT2D eigenvalue weighted by molar-refractivity contribution is 6.33. The van der Waals surface area contributed by atoms with E-state index >= 15 is 0 Å². The molecule has 4 nitrogen and oxygen atoms in total. The van der Waals surface area contributed by atoms with Crippen LogP contribution in [0.15, 0.2) is 18.2 Å². The molecule has 2 amide bonds. The number of piperidine rings is 1. The Balaban J connectivity index is 2.02. The van der Waals surface area contributed by atoms with E-state index in [4.69, 9.17) is 11.6 Å². The van der Waals surface area contributed by atoms with Crippen molar-refractivity contribution in [1.29, 1.82) is 0 Å². The van der Waals surface area contributed by atoms with Gasteiger partial charge in [-0.2, -0.15) is 0 Å². The first kappa shape index (κ1) is 15.1. The number of nitrogens with zero attached hydrogens (tertiary/aromatic N) is 1. The molecule has 2 atom stereocenters. The van der Waals surface area contributed by atoms with Crippen LogP contribution in [0.5, 0.6) is 0 Å². The second kappa shape index (κ2) is 6.41. The number of urea groups is 1. The molecule has 1 aliphatic rings. The van der Waals surface area contributed by atoms with Gasteiger partial charge in [0, 0.05) is 19.0 Å². The number of aliphatic hydroxyl groups is 1. The summed E-state index contributed by atoms with van der Waals surface area (Å²) < 4.78 is 13.2. The largest absolute Gasteiger partial charge is 0.393 e. The summed E-state index contributed by atoms with van der Waals surface area (Å²) in [5.74, 6) is -0.373. The summed E-state index contributed by atoms with van der Waals surface area (Å²) in [6.45, 7) is 2.86. The summed E-state index contributed by atoms with van der Waals surface area (Å²) in [5, 5.41) is 12.5. The van der Waals surface area contributed by atoms with Crippen LogP contribution >= 0.6 is 11.6 Å². The first-order valence-corrected chi connectivity index (χ1v) is 7.04. The molecule has 0 aromatic heterocycles. The number of rotatable bonds is 2. The molecule has 1 heterocycles. The van der Waals surface area contributed by atoms with Crippen molar-refractivity contribution in [2.75, 3.05) is 18.4 Å². The number of likely N-dealkylation sites (tertiary alicyclic amines) is 1. The van der Waals surface area contributed by atoms with Crippen LogP contribution in [0.3, 0.4) is 0 Å². The van der Waals surface area contributed by atoms with E-state index < -0.39 is 11.9 Å². The van der Waals surface area contributed by atoms with Crippen molar-refractivity contribution in [3.05, 3.63) is 29.0 Å². The SMILES string of the molecule is CC(O)C1CCCN(C(=O)Nc2cc(F)ccc2Cl)C1. The summed E-state index contributed by atoms with van der Waals surface area (Å²) >= 11 is 5.92. The molecule has 1 aliphatic heterocycles. The zero-order valence-corrected chi connectivity index (χ0v) is 12.0. The van der Waals surface area contributed by atoms with Crippen molar-refractivity contribution in [3.8, 4) is 0 Å². The first-order chi connectivity index (χ1) is 9.47. The van der Waals surface area contributed by atoms with Crippen molar-refractivity contribution in [1.82, 2.24) is 4.90 Å². The van der Waals surface area contributed by atoms with Crippen LogP contribution in [0.4, 0.5) is 14.9 Å². The third-order valence-electron chi connectivity index (χ3n) is 3.60. The lowest BCUT2D eigenvalue weighted by Gasteiger charge is -2.34. The molecule has 6 heteroatoms. The Morgan fingerprint density at radius 1 is 1.60 bits per heavy atom. The fourth-order valence-corrected chi connectivity index (χ4v) is 2.54. The van der Waals surface area contributed by atoms with E-state index in [9.17, 15) is 14.3 Å². The molecule has 1 aromatic carbocycles. The number of aliphatic hydroxyl groups excluding tert-OH is 1. The molecule has 20 heavy (non-hydrogen) atoms. The predicted octanol–water partition coefficient (Wildman–Crippen LogP) is 3.10. The summed E-state index contributed by atoms with van der Waals surface area (Å²) in [6.07, 6.45) is 1.31. The molecule has 2 rings (SSSR count). The molecule has 0 spiro atoms. The lowest BCUT2D eigenvalue weighted by atomic mass is 9.94. The summed E-state index contributed by atoms with van der Waals surface area (Å²) in [6, 6.07) is 3.52. The Kier molecular flexibility index (Phi) is 4.83. The number of hydrogen-bond acceptors (Lipinski definition) is 2. The van der Waals surface area contributed by atoms with Gasteiger partial charge in [0.2, 0.25) is 0 Å². The number of halogens is 2. The Hall–Kier alpha value is -1.33. The predicted molar refractivity (Wildman–Crippen MR) is 76.4 cm³/mol. The van der Waals surface area contributed by atoms with E-state index in [2.05, 4.69) is 5.32 Å². The third-order valence-corrected chi connectivity index (χ3v) is 3.93. The van der Waals surface area contributed by atoms with Crippen LogP contribution in [0.25, 0.3) is 0 Å². The minimum atomic E-state index is -0.454. The fourth-order valence-electron chi connectivity index (χ4n) is 2.38. The Morgan fingerprint density at radius 3 is 3.05 bits per heavy atom. The molecule has 0 aliphatic carbocycles. The van der Waals surface area contributed by atoms with Crippen LogP contribution < -0.4 is 5.32 Å². The van der Waals surface area contributed by atoms with Gasteiger partial charge in [-0.05, 0) is 38.0 Å². The van der Waals surface area contributed by atoms with Crippen LogP contribution in [0.2, 0.25) is 5.02 Å². The van der Waals surface area contributed by atoms with E-state index in [1.165, 1.54) is 18.2 Å². The Bertz CT molecular complexity index is 496. The average Bonchev–Trinajstić information content (AvgIpc) is 2.43. The molecule has 2 N–H and O–H groups in total. The highest BCUT2D eigenvalue weighted by Crippen LogP contribution is 2.24. The maximum atomic E-state index is 13.2. The topological polar surface area (TPSA) is 52.6 Å². The summed E-state index contributed by atoms with van der Waals surface area (Å²) in [7, 11) is 0. The van der Waals surface area contributed by atoms with Gasteiger partial charge < -0.3 is 15.3 Å². The molecular formula is C14H18ClFN2O2. The number of carbonyl (C=O) groups excluding carboxylic acids is 1. The first-order valence-electron chi connectivity index (χ1n) is 6.66. The van der Waals surface area contributed by atoms with E-state index in [-0.39, 0.29) is 17.6 Å². The van der Waals surface area contributed by atoms with Gasteiger partial charge in [0.15, 0.2) is 0 Å². The van der Waals surface area contributed by atoms with Gasteiger partial charge in [0.25, 0.3) is 0 Å². The summed E-state index contributed by atoms with van der Waals surface area (Å²) in [5.41, 5.74) is 0.260. The highest BCUT2D eigenvalue weighted by Gasteiger charge is 2.26. The standard InChI is InChI=1S/C14H18ClFN2O2/c1-9(19)10-3-2-6-18(8-10)14(20)17-13-7-11(16)4-5-12(13)15/h4-5,7,9-10,19H,2-3,6,8H2,1H3,(H,17,20). The van der Waals surface area contributed by atoms with Crippen molar-refractivity contribution < 1.29 is 14.3 Å². The smallest absolute Gasteiger partial charge is 0.321 e. The van der Waals surface area contributed by atoms with Crippen LogP contribution in [0, 0.1) is 11.7 Å². The third kappa shape index (κ3) is 3.61. The minimum absolute atomic E-state index is 0.0810. The number of benzene rings is 1. The molecule has 0 radical (unpaired) electrons. The highest BCUT2D eigenvalue weighted by atomic mass is 35.5. The fraction of sp³-hybridized carbons (Fsp3) is 0.500. The second-order valence-corrected chi connectivity index (χ2v) is 5.55. The molecule has 1 aromatic rings. The number of hydrogen-bond donors (Lipinski definition) is 2. The quantitative estimate of drug-likeness (QED) is 0.882. The van der Waals surface area contributed by atoms with Gasteiger partial charge in [0.05, 0.1) is 16.8 Å². The number of anilines is 1. The maximum Gasteiger partial charge on any atom is 0.321 e. The van der Waals surface area contributed by atoms with Gasteiger partial charge in [-0.15, -0.1) is 0 Å². The average molecular weight is 301 g/mol. The molecule has 1 saturated heterocycles. The normalized spacial score (nSPS) is 20.6. The molecule has 0 bridgehead atoms. The molecule has 110 valence electrons. The second-order valence-electron chi connectivity index (χ2n) is 5.14. The molecule has 1 fully saturated rings. The van der Waals surface area contributed by atoms with Gasteiger partial charge in [-0.25, -0.2) is 9.18 Å². The maximum absolute atomic E-state index is 13.2. The van der Waals surface area contributed by atoms with Crippen molar-refractivity contribution in [2.24, 2.45) is 5.92 Å². The van der Waals surface area contributed by atoms with Gasteiger partial charge in [-0.3, -0.25) is 0 Å². The van der Waals surface area contributed by atoms with E-state index in [1.54, 1.807) is 11.8 Å². The Labute approximate surface area is 122 Å². The monoisotopic (exact) mass is 300 g/mol. The van der Waals surface area contributed by atoms with E-state index in [1.807, 2.05) is 0 Å². The van der Waals surface area contributed by atoms with Crippen LogP contribution in [-0.2, 0) is 0 Å². The lowest BCUT2D eigenvalue weighted by molar-refractivity contribution is 0.0766. The number of carbonyl (C=O) groups is 1. The van der Waals surface area contributed by atoms with Gasteiger partial charge in [-0.1, -0.05) is 11.6 Å². The summed E-state index contributed by atoms with van der Waals surface area (Å²) in [4.78, 5) is 13.8. The molecule has 2 unspecified atom stereocenters. The molecule has 0 saturated carbocycles. The van der Waals surface area contributed by atoms with E-state index in [0.29, 0.717) is 18.1 Å². The molecular weight excluding hydrogens is 283 g/mol.